The lowest BCUT2D eigenvalue weighted by atomic mass is 10.2. The van der Waals surface area contributed by atoms with E-state index < -0.39 is 36.0 Å². The van der Waals surface area contributed by atoms with E-state index in [1.165, 1.54) is 0 Å². The van der Waals surface area contributed by atoms with E-state index in [2.05, 4.69) is 15.0 Å². The molecular weight excluding hydrogens is 260 g/mol. The Labute approximate surface area is 104 Å². The highest BCUT2D eigenvalue weighted by molar-refractivity contribution is 5.73. The molecule has 0 bridgehead atoms. The van der Waals surface area contributed by atoms with Gasteiger partial charge in [-0.15, -0.1) is 0 Å². The Morgan fingerprint density at radius 2 is 2.11 bits per heavy atom. The summed E-state index contributed by atoms with van der Waals surface area (Å²) in [5, 5.41) is 27.2. The van der Waals surface area contributed by atoms with E-state index in [0.29, 0.717) is 0 Å². The van der Waals surface area contributed by atoms with Crippen molar-refractivity contribution >= 4 is 17.1 Å². The normalized spacial score (nSPS) is 14.4. The highest BCUT2D eigenvalue weighted by Gasteiger charge is 2.25. The number of nitrogens with one attached hydrogen (secondary N) is 2. The lowest BCUT2D eigenvalue weighted by Gasteiger charge is -2.13. The molecule has 0 saturated heterocycles. The maximum atomic E-state index is 11.6. The predicted molar refractivity (Wildman–Crippen MR) is 60.6 cm³/mol. The number of aromatic nitrogens is 4. The highest BCUT2D eigenvalue weighted by atomic mass is 16.4. The number of aliphatic hydroxyl groups excluding tert-OH is 2. The van der Waals surface area contributed by atoms with Gasteiger partial charge in [-0.3, -0.25) is 14.3 Å². The Balaban J connectivity index is 2.44. The molecule has 0 spiro atoms. The molecule has 0 aliphatic heterocycles. The minimum Gasteiger partial charge on any atom is -0.479 e. The minimum atomic E-state index is -2.04. The third-order valence-corrected chi connectivity index (χ3v) is 2.55. The van der Waals surface area contributed by atoms with Crippen molar-refractivity contribution in [2.45, 2.75) is 18.8 Å². The number of hydrogen-bond donors (Lipinski definition) is 5. The molecule has 0 saturated carbocycles. The van der Waals surface area contributed by atoms with Gasteiger partial charge in [0.05, 0.1) is 12.9 Å². The van der Waals surface area contributed by atoms with Crippen LogP contribution in [0.5, 0.6) is 0 Å². The molecule has 0 fully saturated rings. The maximum absolute atomic E-state index is 11.6. The summed E-state index contributed by atoms with van der Waals surface area (Å²) in [5.41, 5.74) is -1.44. The van der Waals surface area contributed by atoms with Gasteiger partial charge in [0.25, 0.3) is 5.56 Å². The van der Waals surface area contributed by atoms with E-state index in [1.807, 2.05) is 0 Å². The molecule has 2 rings (SSSR count). The number of rotatable bonds is 4. The standard InChI is InChI=1S/C9H10N4O6/c14-3(5(15)8(17)18)1-13-6-4(12-9(13)19)7(16)11-2-10-6/h2-3,5,14-15H,1H2,(H,12,19)(H,17,18)(H,10,11,16)/t3-,5-/m1/s1. The summed E-state index contributed by atoms with van der Waals surface area (Å²) < 4.78 is 0.876. The predicted octanol–water partition coefficient (Wildman–Crippen LogP) is -2.78. The molecule has 0 aliphatic rings. The first-order valence-corrected chi connectivity index (χ1v) is 5.17. The average molecular weight is 270 g/mol. The van der Waals surface area contributed by atoms with Crippen LogP contribution in [-0.2, 0) is 11.3 Å². The fourth-order valence-electron chi connectivity index (χ4n) is 1.60. The van der Waals surface area contributed by atoms with Crippen LogP contribution in [0.25, 0.3) is 11.2 Å². The molecule has 0 aromatic carbocycles. The summed E-state index contributed by atoms with van der Waals surface area (Å²) in [4.78, 5) is 41.7. The van der Waals surface area contributed by atoms with Crippen LogP contribution in [0.15, 0.2) is 15.9 Å². The molecule has 0 unspecified atom stereocenters. The number of aliphatic carboxylic acids is 1. The Morgan fingerprint density at radius 1 is 1.42 bits per heavy atom. The van der Waals surface area contributed by atoms with Crippen molar-refractivity contribution in [3.8, 4) is 0 Å². The van der Waals surface area contributed by atoms with Crippen molar-refractivity contribution in [3.05, 3.63) is 27.2 Å². The Bertz CT molecular complexity index is 728. The van der Waals surface area contributed by atoms with Crippen molar-refractivity contribution < 1.29 is 20.1 Å². The van der Waals surface area contributed by atoms with E-state index in [1.54, 1.807) is 0 Å². The fourth-order valence-corrected chi connectivity index (χ4v) is 1.60. The topological polar surface area (TPSA) is 161 Å². The van der Waals surface area contributed by atoms with Crippen molar-refractivity contribution in [2.24, 2.45) is 0 Å². The molecule has 2 heterocycles. The van der Waals surface area contributed by atoms with Crippen molar-refractivity contribution in [3.63, 3.8) is 0 Å². The van der Waals surface area contributed by atoms with Crippen LogP contribution in [0.4, 0.5) is 0 Å². The van der Waals surface area contributed by atoms with Gasteiger partial charge in [0.2, 0.25) is 0 Å². The van der Waals surface area contributed by atoms with Crippen molar-refractivity contribution in [1.82, 2.24) is 19.5 Å². The largest absolute Gasteiger partial charge is 0.479 e. The molecule has 2 atom stereocenters. The quantitative estimate of drug-likeness (QED) is 0.401. The number of carbonyl (C=O) groups is 1. The number of H-pyrrole nitrogens is 2. The van der Waals surface area contributed by atoms with Crippen molar-refractivity contribution in [2.75, 3.05) is 0 Å². The first-order valence-electron chi connectivity index (χ1n) is 5.17. The number of hydrogen-bond acceptors (Lipinski definition) is 6. The number of aliphatic hydroxyl groups is 2. The number of imidazole rings is 1. The first-order chi connectivity index (χ1) is 8.91. The van der Waals surface area contributed by atoms with Crippen LogP contribution < -0.4 is 11.2 Å². The van der Waals surface area contributed by atoms with Crippen LogP contribution in [0.3, 0.4) is 0 Å². The third-order valence-electron chi connectivity index (χ3n) is 2.55. The van der Waals surface area contributed by atoms with E-state index in [0.717, 1.165) is 10.9 Å². The molecule has 0 radical (unpaired) electrons. The van der Waals surface area contributed by atoms with Gasteiger partial charge >= 0.3 is 11.7 Å². The van der Waals surface area contributed by atoms with E-state index in [9.17, 15) is 19.5 Å². The Hall–Kier alpha value is -2.46. The molecule has 2 aromatic heterocycles. The van der Waals surface area contributed by atoms with Crippen LogP contribution in [0, 0.1) is 0 Å². The summed E-state index contributed by atoms with van der Waals surface area (Å²) in [6.45, 7) is -0.511. The number of fused-ring (bicyclic) bond motifs is 1. The molecule has 19 heavy (non-hydrogen) atoms. The number of nitrogens with zero attached hydrogens (tertiary/aromatic N) is 2. The summed E-state index contributed by atoms with van der Waals surface area (Å²) >= 11 is 0. The molecule has 5 N–H and O–H groups in total. The second kappa shape index (κ2) is 4.66. The van der Waals surface area contributed by atoms with Gasteiger partial charge < -0.3 is 20.3 Å². The van der Waals surface area contributed by atoms with Crippen LogP contribution >= 0.6 is 0 Å². The minimum absolute atomic E-state index is 0.0367. The molecule has 0 aliphatic carbocycles. The SMILES string of the molecule is O=C(O)[C@H](O)[C@H](O)Cn1c(=O)[nH]c2c(=O)[nH]cnc21. The number of carboxylic acid groups (broad SMARTS) is 1. The van der Waals surface area contributed by atoms with Gasteiger partial charge in [-0.1, -0.05) is 0 Å². The van der Waals surface area contributed by atoms with Crippen LogP contribution in [-0.4, -0.2) is 53.0 Å². The second-order valence-corrected chi connectivity index (χ2v) is 3.82. The van der Waals surface area contributed by atoms with Crippen LogP contribution in [0.2, 0.25) is 0 Å². The highest BCUT2D eigenvalue weighted by Crippen LogP contribution is 2.03. The summed E-state index contributed by atoms with van der Waals surface area (Å²) in [6.07, 6.45) is -2.69. The lowest BCUT2D eigenvalue weighted by molar-refractivity contribution is -0.153. The molecule has 10 nitrogen and oxygen atoms in total. The smallest absolute Gasteiger partial charge is 0.335 e. The third kappa shape index (κ3) is 2.26. The van der Waals surface area contributed by atoms with E-state index >= 15 is 0 Å². The van der Waals surface area contributed by atoms with Crippen molar-refractivity contribution in [1.29, 1.82) is 0 Å². The maximum Gasteiger partial charge on any atom is 0.335 e. The van der Waals surface area contributed by atoms with Gasteiger partial charge in [0, 0.05) is 0 Å². The first kappa shape index (κ1) is 13.0. The molecule has 2 aromatic rings. The Morgan fingerprint density at radius 3 is 2.74 bits per heavy atom. The summed E-state index contributed by atoms with van der Waals surface area (Å²) in [7, 11) is 0. The lowest BCUT2D eigenvalue weighted by Crippen LogP contribution is -2.38. The molecule has 102 valence electrons. The molecular formula is C9H10N4O6. The van der Waals surface area contributed by atoms with Gasteiger partial charge in [0.15, 0.2) is 17.3 Å². The monoisotopic (exact) mass is 270 g/mol. The zero-order chi connectivity index (χ0) is 14.2. The van der Waals surface area contributed by atoms with E-state index in [4.69, 9.17) is 10.2 Å². The Kier molecular flexibility index (Phi) is 3.19. The van der Waals surface area contributed by atoms with Gasteiger partial charge in [-0.25, -0.2) is 14.6 Å². The average Bonchev–Trinajstić information content (AvgIpc) is 2.67. The van der Waals surface area contributed by atoms with Gasteiger partial charge in [0.1, 0.15) is 6.10 Å². The summed E-state index contributed by atoms with van der Waals surface area (Å²) in [6, 6.07) is 0. The zero-order valence-corrected chi connectivity index (χ0v) is 9.40. The zero-order valence-electron chi connectivity index (χ0n) is 9.40. The van der Waals surface area contributed by atoms with E-state index in [-0.39, 0.29) is 11.2 Å². The van der Waals surface area contributed by atoms with Gasteiger partial charge in [-0.05, 0) is 0 Å². The number of aromatic amines is 2. The van der Waals surface area contributed by atoms with Crippen LogP contribution in [0.1, 0.15) is 0 Å². The number of carboxylic acids is 1. The fraction of sp³-hybridized carbons (Fsp3) is 0.333. The molecule has 10 heteroatoms. The van der Waals surface area contributed by atoms with Gasteiger partial charge in [-0.2, -0.15) is 0 Å². The summed E-state index contributed by atoms with van der Waals surface area (Å²) in [5.74, 6) is -1.62. The molecule has 0 amide bonds. The second-order valence-electron chi connectivity index (χ2n) is 3.82.